The predicted octanol–water partition coefficient (Wildman–Crippen LogP) is 5.46. The number of amides is 4. The maximum Gasteiger partial charge on any atom is 0.412 e. The number of fused-ring (bicyclic) bond motifs is 1. The molecule has 16 nitrogen and oxygen atoms in total. The predicted molar refractivity (Wildman–Crippen MR) is 218 cm³/mol. The monoisotopic (exact) mass is 781 g/mol. The molecule has 2 aliphatic rings. The van der Waals surface area contributed by atoms with Gasteiger partial charge in [-0.05, 0) is 63.6 Å². The van der Waals surface area contributed by atoms with Crippen molar-refractivity contribution in [1.82, 2.24) is 25.5 Å². The van der Waals surface area contributed by atoms with Crippen LogP contribution in [0.25, 0.3) is 10.9 Å². The molecule has 0 spiro atoms. The highest BCUT2D eigenvalue weighted by atomic mass is 16.6. The molecule has 0 saturated carbocycles. The number of hydrogen-bond acceptors (Lipinski definition) is 12. The van der Waals surface area contributed by atoms with Gasteiger partial charge < -0.3 is 44.9 Å². The zero-order valence-electron chi connectivity index (χ0n) is 33.2. The first-order valence-electron chi connectivity index (χ1n) is 19.0. The number of piperazine rings is 1. The number of likely N-dealkylation sites (N-methyl/N-ethyl adjacent to an activating group) is 1. The summed E-state index contributed by atoms with van der Waals surface area (Å²) in [7, 11) is 3.38. The van der Waals surface area contributed by atoms with Crippen LogP contribution in [0, 0.1) is 5.92 Å². The number of rotatable bonds is 9. The SMILES string of the molecule is COC(=O)N[C@H]1[C@@H](C)CN(c2ccncc2NC(=O)c2nc3cc(N4CCN(C)CC4)ccc3cc2NC(=O)OCc2ccccc2)C[C@H]1NC(=O)OC(C)(C)C. The largest absolute Gasteiger partial charge is 0.453 e. The minimum Gasteiger partial charge on any atom is -0.453 e. The summed E-state index contributed by atoms with van der Waals surface area (Å²) in [5.41, 5.74) is 2.77. The normalized spacial score (nSPS) is 18.7. The highest BCUT2D eigenvalue weighted by Gasteiger charge is 2.38. The molecule has 0 aliphatic carbocycles. The Morgan fingerprint density at radius 1 is 0.842 bits per heavy atom. The van der Waals surface area contributed by atoms with Gasteiger partial charge in [0.05, 0.1) is 48.0 Å². The number of nitrogens with zero attached hydrogens (tertiary/aromatic N) is 5. The van der Waals surface area contributed by atoms with Crippen molar-refractivity contribution in [3.63, 3.8) is 0 Å². The third-order valence-corrected chi connectivity index (χ3v) is 9.87. The number of hydrogen-bond donors (Lipinski definition) is 4. The summed E-state index contributed by atoms with van der Waals surface area (Å²) < 4.78 is 15.9. The van der Waals surface area contributed by atoms with E-state index in [1.165, 1.54) is 13.3 Å². The van der Waals surface area contributed by atoms with Crippen molar-refractivity contribution in [2.75, 3.05) is 73.9 Å². The minimum absolute atomic E-state index is 0.0247. The van der Waals surface area contributed by atoms with Crippen molar-refractivity contribution in [3.8, 4) is 0 Å². The highest BCUT2D eigenvalue weighted by molar-refractivity contribution is 6.11. The fraction of sp³-hybridized carbons (Fsp3) is 0.415. The van der Waals surface area contributed by atoms with Gasteiger partial charge in [-0.3, -0.25) is 15.1 Å². The summed E-state index contributed by atoms with van der Waals surface area (Å²) in [4.78, 5) is 68.5. The Morgan fingerprint density at radius 3 is 2.32 bits per heavy atom. The first-order chi connectivity index (χ1) is 27.3. The molecule has 2 fully saturated rings. The van der Waals surface area contributed by atoms with Gasteiger partial charge in [-0.15, -0.1) is 0 Å². The van der Waals surface area contributed by atoms with Crippen molar-refractivity contribution >= 4 is 57.8 Å². The van der Waals surface area contributed by atoms with Gasteiger partial charge in [0.2, 0.25) is 0 Å². The van der Waals surface area contributed by atoms with Crippen molar-refractivity contribution < 1.29 is 33.4 Å². The van der Waals surface area contributed by atoms with Gasteiger partial charge in [-0.2, -0.15) is 0 Å². The minimum atomic E-state index is -0.744. The van der Waals surface area contributed by atoms with Crippen molar-refractivity contribution in [2.24, 2.45) is 5.92 Å². The maximum atomic E-state index is 14.3. The number of ether oxygens (including phenoxy) is 3. The second-order valence-corrected chi connectivity index (χ2v) is 15.4. The Morgan fingerprint density at radius 2 is 1.60 bits per heavy atom. The molecule has 4 amide bonds. The van der Waals surface area contributed by atoms with Crippen LogP contribution >= 0.6 is 0 Å². The molecule has 57 heavy (non-hydrogen) atoms. The number of anilines is 4. The topological polar surface area (TPSA) is 180 Å². The molecule has 0 bridgehead atoms. The molecule has 4 aromatic rings. The third kappa shape index (κ3) is 10.6. The zero-order chi connectivity index (χ0) is 40.7. The number of benzene rings is 2. The second kappa shape index (κ2) is 17.7. The van der Waals surface area contributed by atoms with E-state index < -0.39 is 41.9 Å². The van der Waals surface area contributed by atoms with Gasteiger partial charge in [-0.25, -0.2) is 19.4 Å². The molecule has 16 heteroatoms. The molecule has 6 rings (SSSR count). The summed E-state index contributed by atoms with van der Waals surface area (Å²) >= 11 is 0. The molecule has 0 radical (unpaired) electrons. The number of pyridine rings is 2. The van der Waals surface area contributed by atoms with E-state index in [4.69, 9.17) is 19.2 Å². The van der Waals surface area contributed by atoms with Crippen LogP contribution in [-0.4, -0.2) is 110 Å². The Labute approximate surface area is 332 Å². The molecule has 2 aromatic carbocycles. The number of aromatic nitrogens is 2. The lowest BCUT2D eigenvalue weighted by Crippen LogP contribution is -2.64. The van der Waals surface area contributed by atoms with Crippen LogP contribution in [0.2, 0.25) is 0 Å². The van der Waals surface area contributed by atoms with Crippen LogP contribution < -0.4 is 31.1 Å². The van der Waals surface area contributed by atoms with Crippen LogP contribution in [0.15, 0.2) is 73.1 Å². The lowest BCUT2D eigenvalue weighted by molar-refractivity contribution is 0.0476. The van der Waals surface area contributed by atoms with E-state index in [0.717, 1.165) is 42.8 Å². The Hall–Kier alpha value is -6.16. The van der Waals surface area contributed by atoms with Crippen LogP contribution in [0.4, 0.5) is 37.1 Å². The molecule has 2 aromatic heterocycles. The van der Waals surface area contributed by atoms with E-state index in [0.29, 0.717) is 23.4 Å². The van der Waals surface area contributed by atoms with E-state index >= 15 is 0 Å². The van der Waals surface area contributed by atoms with E-state index in [-0.39, 0.29) is 30.5 Å². The molecule has 2 saturated heterocycles. The molecular weight excluding hydrogens is 731 g/mol. The summed E-state index contributed by atoms with van der Waals surface area (Å²) in [6.07, 6.45) is 1.13. The van der Waals surface area contributed by atoms with Crippen molar-refractivity contribution in [1.29, 1.82) is 0 Å². The lowest BCUT2D eigenvalue weighted by Gasteiger charge is -2.44. The van der Waals surface area contributed by atoms with Gasteiger partial charge >= 0.3 is 18.3 Å². The number of carbonyl (C=O) groups excluding carboxylic acids is 4. The fourth-order valence-electron chi connectivity index (χ4n) is 7.01. The van der Waals surface area contributed by atoms with E-state index in [1.54, 1.807) is 39.1 Å². The van der Waals surface area contributed by atoms with Gasteiger partial charge in [-0.1, -0.05) is 43.3 Å². The summed E-state index contributed by atoms with van der Waals surface area (Å²) in [6.45, 7) is 11.5. The molecule has 3 atom stereocenters. The maximum absolute atomic E-state index is 14.3. The Balaban J connectivity index is 1.29. The van der Waals surface area contributed by atoms with Crippen molar-refractivity contribution in [2.45, 2.75) is 52.0 Å². The Bertz CT molecular complexity index is 2070. The molecule has 4 N–H and O–H groups in total. The summed E-state index contributed by atoms with van der Waals surface area (Å²) in [5, 5.41) is 12.2. The third-order valence-electron chi connectivity index (χ3n) is 9.87. The van der Waals surface area contributed by atoms with Crippen LogP contribution in [0.1, 0.15) is 43.7 Å². The fourth-order valence-corrected chi connectivity index (χ4v) is 7.01. The number of carbonyl (C=O) groups is 4. The lowest BCUT2D eigenvalue weighted by atomic mass is 9.89. The second-order valence-electron chi connectivity index (χ2n) is 15.4. The van der Waals surface area contributed by atoms with Crippen LogP contribution in [-0.2, 0) is 20.8 Å². The summed E-state index contributed by atoms with van der Waals surface area (Å²) in [6, 6.07) is 17.6. The average Bonchev–Trinajstić information content (AvgIpc) is 3.18. The van der Waals surface area contributed by atoms with Gasteiger partial charge in [0.15, 0.2) is 5.69 Å². The van der Waals surface area contributed by atoms with Gasteiger partial charge in [0.1, 0.15) is 12.2 Å². The van der Waals surface area contributed by atoms with Crippen LogP contribution in [0.3, 0.4) is 0 Å². The average molecular weight is 782 g/mol. The standard InChI is InChI=1S/C41H51N9O7/c1-26-23-50(24-33(35(26)47-38(52)55-6)46-40(54)57-41(2,3)4)34-14-15-42-22-32(34)44-37(51)36-31(45-39(53)56-25-27-10-8-7-9-11-27)20-28-12-13-29(21-30(28)43-36)49-18-16-48(5)17-19-49/h7-15,20-22,26,33,35H,16-19,23-25H2,1-6H3,(H,44,51)(H,45,53)(H,46,54)(H,47,52)/t26-,33+,35-/m0/s1. The quantitative estimate of drug-likeness (QED) is 0.158. The van der Waals surface area contributed by atoms with E-state index in [1.807, 2.05) is 60.4 Å². The van der Waals surface area contributed by atoms with Gasteiger partial charge in [0.25, 0.3) is 5.91 Å². The molecular formula is C41H51N9O7. The van der Waals surface area contributed by atoms with Crippen LogP contribution in [0.5, 0.6) is 0 Å². The molecule has 4 heterocycles. The first kappa shape index (κ1) is 40.5. The molecule has 302 valence electrons. The zero-order valence-corrected chi connectivity index (χ0v) is 33.2. The number of nitrogens with one attached hydrogen (secondary N) is 4. The number of alkyl carbamates (subject to hydrolysis) is 2. The number of methoxy groups -OCH3 is 1. The van der Waals surface area contributed by atoms with E-state index in [9.17, 15) is 19.2 Å². The van der Waals surface area contributed by atoms with Gasteiger partial charge in [0, 0.05) is 56.5 Å². The van der Waals surface area contributed by atoms with Crippen molar-refractivity contribution in [3.05, 3.63) is 84.3 Å². The summed E-state index contributed by atoms with van der Waals surface area (Å²) in [5.74, 6) is -0.780. The number of piperidine rings is 1. The molecule has 0 unspecified atom stereocenters. The Kier molecular flexibility index (Phi) is 12.6. The first-order valence-corrected chi connectivity index (χ1v) is 19.0. The highest BCUT2D eigenvalue weighted by Crippen LogP contribution is 2.32. The smallest absolute Gasteiger partial charge is 0.412 e. The van der Waals surface area contributed by atoms with E-state index in [2.05, 4.69) is 43.1 Å². The molecule has 2 aliphatic heterocycles.